The molecule has 0 radical (unpaired) electrons. The van der Waals surface area contributed by atoms with Gasteiger partial charge in [-0.05, 0) is 62.7 Å². The number of nitrogens with zero attached hydrogens (tertiary/aromatic N) is 2. The Labute approximate surface area is 110 Å². The molecule has 0 atom stereocenters. The lowest BCUT2D eigenvalue weighted by Gasteiger charge is -2.30. The maximum absolute atomic E-state index is 5.73. The minimum absolute atomic E-state index is 0.782. The van der Waals surface area contributed by atoms with Crippen molar-refractivity contribution in [2.75, 3.05) is 20.1 Å². The Bertz CT molecular complexity index is 331. The van der Waals surface area contributed by atoms with Crippen LogP contribution in [0.15, 0.2) is 24.5 Å². The maximum atomic E-state index is 5.73. The van der Waals surface area contributed by atoms with E-state index in [2.05, 4.69) is 23.0 Å². The van der Waals surface area contributed by atoms with Gasteiger partial charge in [0.1, 0.15) is 0 Å². The molecule has 0 aromatic carbocycles. The summed E-state index contributed by atoms with van der Waals surface area (Å²) in [5.74, 6) is 1.64. The summed E-state index contributed by atoms with van der Waals surface area (Å²) in [6, 6.07) is 4.16. The topological polar surface area (TPSA) is 42.2 Å². The summed E-state index contributed by atoms with van der Waals surface area (Å²) in [6.45, 7) is 3.08. The van der Waals surface area contributed by atoms with Crippen molar-refractivity contribution in [2.45, 2.75) is 32.2 Å². The van der Waals surface area contributed by atoms with Gasteiger partial charge in [0, 0.05) is 25.5 Å². The smallest absolute Gasteiger partial charge is 0.0312 e. The minimum atomic E-state index is 0.782. The molecule has 1 heterocycles. The molecule has 1 aliphatic rings. The lowest BCUT2D eigenvalue weighted by Crippen LogP contribution is -2.29. The second kappa shape index (κ2) is 6.86. The Morgan fingerprint density at radius 1 is 1.28 bits per heavy atom. The van der Waals surface area contributed by atoms with Crippen molar-refractivity contribution < 1.29 is 0 Å². The van der Waals surface area contributed by atoms with E-state index in [1.54, 1.807) is 0 Å². The number of rotatable bonds is 5. The summed E-state index contributed by atoms with van der Waals surface area (Å²) in [7, 11) is 2.21. The van der Waals surface area contributed by atoms with Gasteiger partial charge in [0.25, 0.3) is 0 Å². The Morgan fingerprint density at radius 3 is 2.61 bits per heavy atom. The van der Waals surface area contributed by atoms with Gasteiger partial charge >= 0.3 is 0 Å². The van der Waals surface area contributed by atoms with E-state index in [0.29, 0.717) is 0 Å². The fourth-order valence-corrected chi connectivity index (χ4v) is 2.96. The van der Waals surface area contributed by atoms with Gasteiger partial charge in [0.15, 0.2) is 0 Å². The Hall–Kier alpha value is -0.930. The molecule has 0 aliphatic heterocycles. The number of hydrogen-bond donors (Lipinski definition) is 1. The number of aromatic nitrogens is 1. The van der Waals surface area contributed by atoms with Gasteiger partial charge < -0.3 is 10.6 Å². The molecule has 100 valence electrons. The average Bonchev–Trinajstić information content (AvgIpc) is 2.40. The molecular weight excluding hydrogens is 222 g/mol. The summed E-state index contributed by atoms with van der Waals surface area (Å²) in [6.07, 6.45) is 9.13. The number of pyridine rings is 1. The van der Waals surface area contributed by atoms with E-state index < -0.39 is 0 Å². The van der Waals surface area contributed by atoms with Gasteiger partial charge in [0.05, 0.1) is 0 Å². The van der Waals surface area contributed by atoms with Crippen LogP contribution in [0, 0.1) is 11.8 Å². The van der Waals surface area contributed by atoms with Crippen LogP contribution in [0.25, 0.3) is 0 Å². The van der Waals surface area contributed by atoms with Crippen LogP contribution in [0.2, 0.25) is 0 Å². The molecule has 1 aliphatic carbocycles. The summed E-state index contributed by atoms with van der Waals surface area (Å²) in [5.41, 5.74) is 7.04. The summed E-state index contributed by atoms with van der Waals surface area (Å²) >= 11 is 0. The highest BCUT2D eigenvalue weighted by Crippen LogP contribution is 2.28. The zero-order valence-corrected chi connectivity index (χ0v) is 11.4. The molecule has 0 spiro atoms. The first-order valence-corrected chi connectivity index (χ1v) is 7.05. The quantitative estimate of drug-likeness (QED) is 0.868. The first kappa shape index (κ1) is 13.5. The average molecular weight is 247 g/mol. The van der Waals surface area contributed by atoms with Crippen molar-refractivity contribution in [2.24, 2.45) is 17.6 Å². The van der Waals surface area contributed by atoms with Crippen molar-refractivity contribution in [3.63, 3.8) is 0 Å². The van der Waals surface area contributed by atoms with Gasteiger partial charge in [0.2, 0.25) is 0 Å². The van der Waals surface area contributed by atoms with Crippen molar-refractivity contribution in [1.82, 2.24) is 9.88 Å². The molecular formula is C15H25N3. The van der Waals surface area contributed by atoms with Gasteiger partial charge in [-0.2, -0.15) is 0 Å². The van der Waals surface area contributed by atoms with Crippen LogP contribution < -0.4 is 5.73 Å². The van der Waals surface area contributed by atoms with E-state index >= 15 is 0 Å². The highest BCUT2D eigenvalue weighted by molar-refractivity contribution is 5.07. The van der Waals surface area contributed by atoms with Gasteiger partial charge in [-0.1, -0.05) is 6.07 Å². The fourth-order valence-electron chi connectivity index (χ4n) is 2.96. The second-order valence-corrected chi connectivity index (χ2v) is 5.68. The molecule has 1 fully saturated rings. The van der Waals surface area contributed by atoms with Crippen molar-refractivity contribution in [3.8, 4) is 0 Å². The molecule has 3 heteroatoms. The third-order valence-corrected chi connectivity index (χ3v) is 4.04. The van der Waals surface area contributed by atoms with E-state index in [1.165, 1.54) is 37.8 Å². The Balaban J connectivity index is 1.73. The van der Waals surface area contributed by atoms with Gasteiger partial charge in [-0.3, -0.25) is 4.98 Å². The summed E-state index contributed by atoms with van der Waals surface area (Å²) in [5, 5.41) is 0. The normalized spacial score (nSPS) is 24.4. The molecule has 1 aromatic rings. The molecule has 2 N–H and O–H groups in total. The second-order valence-electron chi connectivity index (χ2n) is 5.68. The maximum Gasteiger partial charge on any atom is 0.0312 e. The standard InChI is InChI=1S/C15H25N3/c1-18(12-15-3-2-8-17-10-15)11-14-6-4-13(9-16)5-7-14/h2-3,8,10,13-14H,4-7,9,11-12,16H2,1H3. The summed E-state index contributed by atoms with van der Waals surface area (Å²) in [4.78, 5) is 6.59. The Morgan fingerprint density at radius 2 is 2.00 bits per heavy atom. The van der Waals surface area contributed by atoms with E-state index in [-0.39, 0.29) is 0 Å². The summed E-state index contributed by atoms with van der Waals surface area (Å²) < 4.78 is 0. The van der Waals surface area contributed by atoms with Gasteiger partial charge in [-0.15, -0.1) is 0 Å². The highest BCUT2D eigenvalue weighted by atomic mass is 15.1. The predicted octanol–water partition coefficient (Wildman–Crippen LogP) is 2.28. The van der Waals surface area contributed by atoms with Crippen molar-refractivity contribution >= 4 is 0 Å². The van der Waals surface area contributed by atoms with Crippen molar-refractivity contribution in [3.05, 3.63) is 30.1 Å². The van der Waals surface area contributed by atoms with E-state index in [0.717, 1.165) is 24.9 Å². The van der Waals surface area contributed by atoms with Crippen LogP contribution in [0.5, 0.6) is 0 Å². The minimum Gasteiger partial charge on any atom is -0.330 e. The molecule has 18 heavy (non-hydrogen) atoms. The third kappa shape index (κ3) is 4.07. The monoisotopic (exact) mass is 247 g/mol. The van der Waals surface area contributed by atoms with E-state index in [9.17, 15) is 0 Å². The molecule has 0 bridgehead atoms. The zero-order chi connectivity index (χ0) is 12.8. The lowest BCUT2D eigenvalue weighted by molar-refractivity contribution is 0.201. The molecule has 3 nitrogen and oxygen atoms in total. The Kier molecular flexibility index (Phi) is 5.14. The molecule has 1 saturated carbocycles. The molecule has 1 aromatic heterocycles. The van der Waals surface area contributed by atoms with Gasteiger partial charge in [-0.25, -0.2) is 0 Å². The molecule has 0 unspecified atom stereocenters. The van der Waals surface area contributed by atoms with E-state index in [1.807, 2.05) is 18.5 Å². The fraction of sp³-hybridized carbons (Fsp3) is 0.667. The van der Waals surface area contributed by atoms with Crippen molar-refractivity contribution in [1.29, 1.82) is 0 Å². The number of nitrogens with two attached hydrogens (primary N) is 1. The highest BCUT2D eigenvalue weighted by Gasteiger charge is 2.21. The lowest BCUT2D eigenvalue weighted by atomic mass is 9.82. The third-order valence-electron chi connectivity index (χ3n) is 4.04. The SMILES string of the molecule is CN(Cc1cccnc1)CC1CCC(CN)CC1. The van der Waals surface area contributed by atoms with E-state index in [4.69, 9.17) is 5.73 Å². The first-order chi connectivity index (χ1) is 8.78. The van der Waals surface area contributed by atoms with Crippen LogP contribution in [0.1, 0.15) is 31.2 Å². The first-order valence-electron chi connectivity index (χ1n) is 7.05. The molecule has 0 saturated heterocycles. The van der Waals surface area contributed by atoms with Crippen LogP contribution in [0.3, 0.4) is 0 Å². The zero-order valence-electron chi connectivity index (χ0n) is 11.4. The predicted molar refractivity (Wildman–Crippen MR) is 75.1 cm³/mol. The van der Waals surface area contributed by atoms with Crippen LogP contribution in [-0.2, 0) is 6.54 Å². The largest absolute Gasteiger partial charge is 0.330 e. The molecule has 2 rings (SSSR count). The van der Waals surface area contributed by atoms with Crippen LogP contribution >= 0.6 is 0 Å². The van der Waals surface area contributed by atoms with Crippen LogP contribution in [-0.4, -0.2) is 30.0 Å². The molecule has 0 amide bonds. The number of hydrogen-bond acceptors (Lipinski definition) is 3. The van der Waals surface area contributed by atoms with Crippen LogP contribution in [0.4, 0.5) is 0 Å².